The molecule has 2 fully saturated rings. The predicted molar refractivity (Wildman–Crippen MR) is 105 cm³/mol. The highest BCUT2D eigenvalue weighted by Gasteiger charge is 2.74. The van der Waals surface area contributed by atoms with Gasteiger partial charge in [-0.25, -0.2) is 0 Å². The zero-order chi connectivity index (χ0) is 19.9. The van der Waals surface area contributed by atoms with Crippen molar-refractivity contribution in [3.05, 3.63) is 12.2 Å². The molecule has 0 radical (unpaired) electrons. The minimum absolute atomic E-state index is 0.00590. The molecule has 0 amide bonds. The van der Waals surface area contributed by atoms with E-state index < -0.39 is 37.1 Å². The van der Waals surface area contributed by atoms with E-state index in [9.17, 15) is 9.90 Å². The lowest BCUT2D eigenvalue weighted by Crippen LogP contribution is -2.73. The first kappa shape index (κ1) is 20.2. The third-order valence-corrected chi connectivity index (χ3v) is 12.3. The molecule has 0 aromatic carbocycles. The highest BCUT2D eigenvalue weighted by Crippen LogP contribution is 2.61. The molecule has 1 saturated carbocycles. The van der Waals surface area contributed by atoms with Crippen molar-refractivity contribution < 1.29 is 19.1 Å². The number of ether oxygens (including phenoxy) is 1. The summed E-state index contributed by atoms with van der Waals surface area (Å²) < 4.78 is 13.5. The maximum Gasteiger partial charge on any atom is 0.192 e. The molecule has 3 rings (SSSR count). The van der Waals surface area contributed by atoms with E-state index in [1.165, 1.54) is 0 Å². The Labute approximate surface area is 159 Å². The molecule has 5 heteroatoms. The zero-order valence-corrected chi connectivity index (χ0v) is 18.8. The molecule has 1 aliphatic carbocycles. The van der Waals surface area contributed by atoms with Gasteiger partial charge in [0.2, 0.25) is 0 Å². The average molecular weight is 381 g/mol. The van der Waals surface area contributed by atoms with Crippen molar-refractivity contribution in [2.75, 3.05) is 0 Å². The van der Waals surface area contributed by atoms with Crippen LogP contribution in [0.25, 0.3) is 0 Å². The minimum Gasteiger partial charge on any atom is -0.408 e. The van der Waals surface area contributed by atoms with Crippen molar-refractivity contribution in [2.24, 2.45) is 17.8 Å². The van der Waals surface area contributed by atoms with Gasteiger partial charge in [-0.15, -0.1) is 0 Å². The van der Waals surface area contributed by atoms with Gasteiger partial charge in [-0.3, -0.25) is 4.79 Å². The lowest BCUT2D eigenvalue weighted by Gasteiger charge is -2.59. The fourth-order valence-corrected chi connectivity index (χ4v) is 6.19. The van der Waals surface area contributed by atoms with Crippen molar-refractivity contribution in [2.45, 2.75) is 95.9 Å². The summed E-state index contributed by atoms with van der Waals surface area (Å²) in [7, 11) is -2.19. The number of hydrogen-bond donors (Lipinski definition) is 1. The molecule has 0 spiro atoms. The van der Waals surface area contributed by atoms with Gasteiger partial charge in [0.1, 0.15) is 23.1 Å². The summed E-state index contributed by atoms with van der Waals surface area (Å²) in [6.07, 6.45) is 4.00. The second-order valence-electron chi connectivity index (χ2n) is 10.7. The van der Waals surface area contributed by atoms with Crippen LogP contribution in [-0.2, 0) is 14.0 Å². The Hall–Kier alpha value is -0.493. The molecule has 1 saturated heterocycles. The summed E-state index contributed by atoms with van der Waals surface area (Å²) in [4.78, 5) is 12.7. The van der Waals surface area contributed by atoms with Crippen LogP contribution >= 0.6 is 0 Å². The number of carbonyl (C=O) groups excluding carboxylic acids is 1. The molecular weight excluding hydrogens is 344 g/mol. The third kappa shape index (κ3) is 2.40. The smallest absolute Gasteiger partial charge is 0.192 e. The lowest BCUT2D eigenvalue weighted by atomic mass is 9.66. The van der Waals surface area contributed by atoms with Crippen molar-refractivity contribution >= 4 is 14.1 Å². The van der Waals surface area contributed by atoms with Crippen LogP contribution in [0.2, 0.25) is 18.1 Å². The molecule has 1 N–H and O–H groups in total. The van der Waals surface area contributed by atoms with Gasteiger partial charge >= 0.3 is 0 Å². The zero-order valence-electron chi connectivity index (χ0n) is 17.8. The third-order valence-electron chi connectivity index (χ3n) is 7.85. The van der Waals surface area contributed by atoms with Crippen molar-refractivity contribution in [3.8, 4) is 0 Å². The summed E-state index contributed by atoms with van der Waals surface area (Å²) in [5, 5.41) is 12.1. The molecule has 6 atom stereocenters. The Balaban J connectivity index is 2.17. The Bertz CT molecular complexity index is 649. The van der Waals surface area contributed by atoms with E-state index in [-0.39, 0.29) is 22.7 Å². The van der Waals surface area contributed by atoms with Crippen molar-refractivity contribution in [3.63, 3.8) is 0 Å². The predicted octanol–water partition coefficient (Wildman–Crippen LogP) is 4.09. The van der Waals surface area contributed by atoms with Gasteiger partial charge in [0.05, 0.1) is 5.60 Å². The van der Waals surface area contributed by atoms with E-state index in [4.69, 9.17) is 9.16 Å². The summed E-state index contributed by atoms with van der Waals surface area (Å²) in [5.74, 6) is -0.462. The molecule has 2 bridgehead atoms. The number of rotatable bonds is 3. The van der Waals surface area contributed by atoms with Crippen LogP contribution < -0.4 is 0 Å². The Morgan fingerprint density at radius 3 is 2.38 bits per heavy atom. The molecule has 26 heavy (non-hydrogen) atoms. The molecule has 2 unspecified atom stereocenters. The fourth-order valence-electron chi connectivity index (χ4n) is 4.88. The Morgan fingerprint density at radius 2 is 1.88 bits per heavy atom. The molecule has 2 heterocycles. The molecule has 4 nitrogen and oxygen atoms in total. The van der Waals surface area contributed by atoms with Crippen LogP contribution in [0.4, 0.5) is 0 Å². The summed E-state index contributed by atoms with van der Waals surface area (Å²) in [5.41, 5.74) is -2.52. The molecule has 3 aliphatic rings. The fraction of sp³-hybridized carbons (Fsp3) is 0.857. The van der Waals surface area contributed by atoms with E-state index in [2.05, 4.69) is 59.9 Å². The summed E-state index contributed by atoms with van der Waals surface area (Å²) in [6.45, 7) is 19.1. The highest BCUT2D eigenvalue weighted by atomic mass is 28.4. The van der Waals surface area contributed by atoms with Crippen LogP contribution in [0.15, 0.2) is 12.2 Å². The number of fused-ring (bicyclic) bond motifs is 4. The van der Waals surface area contributed by atoms with Gasteiger partial charge in [0.25, 0.3) is 0 Å². The first-order valence-electron chi connectivity index (χ1n) is 9.95. The summed E-state index contributed by atoms with van der Waals surface area (Å²) in [6, 6.07) is 0. The number of carbonyl (C=O) groups is 1. The topological polar surface area (TPSA) is 55.8 Å². The Kier molecular flexibility index (Phi) is 4.30. The van der Waals surface area contributed by atoms with Crippen molar-refractivity contribution in [1.29, 1.82) is 0 Å². The number of aliphatic hydroxyl groups is 1. The SMILES string of the molecule is CC1C(=O)C[C@@H]2C1(O)[C@@H](O[Si](C)(C)C(C)(C)C)[C@]1(C(C)C)C=C[C@@]2(C)O1. The largest absolute Gasteiger partial charge is 0.408 e. The van der Waals surface area contributed by atoms with Crippen LogP contribution in [0.1, 0.15) is 54.9 Å². The van der Waals surface area contributed by atoms with Gasteiger partial charge in [0.15, 0.2) is 8.32 Å². The normalized spacial score (nSPS) is 45.5. The van der Waals surface area contributed by atoms with Gasteiger partial charge in [-0.05, 0) is 31.0 Å². The van der Waals surface area contributed by atoms with Gasteiger partial charge in [0, 0.05) is 18.3 Å². The second-order valence-corrected chi connectivity index (χ2v) is 15.5. The molecule has 2 aliphatic heterocycles. The van der Waals surface area contributed by atoms with E-state index in [0.717, 1.165) is 0 Å². The van der Waals surface area contributed by atoms with E-state index in [0.29, 0.717) is 6.42 Å². The standard InChI is InChI=1S/C21H36O4Si/c1-13(2)20-11-10-19(7,25-20)16-12-15(22)14(3)21(16,23)17(20)24-26(8,9)18(4,5)6/h10-11,13-14,16-17,23H,12H2,1-9H3/t14?,16-,17-,19+,20+,21?/m0/s1. The van der Waals surface area contributed by atoms with Crippen LogP contribution in [0, 0.1) is 17.8 Å². The van der Waals surface area contributed by atoms with Crippen LogP contribution in [0.3, 0.4) is 0 Å². The number of Topliss-reactive ketones (excluding diaryl/α,β-unsaturated/α-hetero) is 1. The minimum atomic E-state index is -2.19. The average Bonchev–Trinajstić information content (AvgIpc) is 2.95. The van der Waals surface area contributed by atoms with Crippen LogP contribution in [-0.4, -0.2) is 42.1 Å². The molecule has 0 aromatic heterocycles. The summed E-state index contributed by atoms with van der Waals surface area (Å²) >= 11 is 0. The van der Waals surface area contributed by atoms with Gasteiger partial charge < -0.3 is 14.3 Å². The first-order valence-corrected chi connectivity index (χ1v) is 12.9. The van der Waals surface area contributed by atoms with E-state index in [1.807, 2.05) is 13.8 Å². The van der Waals surface area contributed by atoms with Crippen molar-refractivity contribution in [1.82, 2.24) is 0 Å². The van der Waals surface area contributed by atoms with E-state index in [1.54, 1.807) is 0 Å². The number of ketones is 1. The maximum absolute atomic E-state index is 12.7. The monoisotopic (exact) mass is 380 g/mol. The van der Waals surface area contributed by atoms with Crippen LogP contribution in [0.5, 0.6) is 0 Å². The lowest BCUT2D eigenvalue weighted by molar-refractivity contribution is -0.292. The first-order chi connectivity index (χ1) is 11.6. The molecular formula is C21H36O4Si. The second kappa shape index (κ2) is 5.53. The van der Waals surface area contributed by atoms with Gasteiger partial charge in [-0.2, -0.15) is 0 Å². The quantitative estimate of drug-likeness (QED) is 0.592. The highest BCUT2D eigenvalue weighted by molar-refractivity contribution is 6.74. The van der Waals surface area contributed by atoms with Gasteiger partial charge in [-0.1, -0.05) is 53.7 Å². The number of hydrogen-bond acceptors (Lipinski definition) is 4. The van der Waals surface area contributed by atoms with E-state index >= 15 is 0 Å². The Morgan fingerprint density at radius 1 is 1.31 bits per heavy atom. The molecule has 148 valence electrons. The maximum atomic E-state index is 12.7. The molecule has 0 aromatic rings.